The maximum Gasteiger partial charge on any atom is 0.262 e. The molecule has 1 amide bonds. The zero-order chi connectivity index (χ0) is 20.4. The van der Waals surface area contributed by atoms with Crippen molar-refractivity contribution >= 4 is 28.6 Å². The quantitative estimate of drug-likeness (QED) is 0.547. The lowest BCUT2D eigenvalue weighted by molar-refractivity contribution is -0.130. The molecule has 29 heavy (non-hydrogen) atoms. The van der Waals surface area contributed by atoms with Crippen molar-refractivity contribution in [2.75, 3.05) is 18.8 Å². The molecular weight excluding hydrogens is 382 g/mol. The van der Waals surface area contributed by atoms with E-state index in [-0.39, 0.29) is 17.5 Å². The number of hydrogen-bond acceptors (Lipinski definition) is 4. The molecule has 0 bridgehead atoms. The highest BCUT2D eigenvalue weighted by Crippen LogP contribution is 2.31. The van der Waals surface area contributed by atoms with E-state index in [0.29, 0.717) is 28.1 Å². The molecule has 2 aromatic rings. The first-order chi connectivity index (χ1) is 14.0. The zero-order valence-corrected chi connectivity index (χ0v) is 18.3. The van der Waals surface area contributed by atoms with E-state index in [4.69, 9.17) is 4.98 Å². The minimum atomic E-state index is 0.0395. The number of benzene rings is 1. The summed E-state index contributed by atoms with van der Waals surface area (Å²) < 4.78 is 1.89. The molecule has 2 heterocycles. The summed E-state index contributed by atoms with van der Waals surface area (Å²) in [5.41, 5.74) is 0.761. The van der Waals surface area contributed by atoms with Crippen molar-refractivity contribution < 1.29 is 4.79 Å². The Morgan fingerprint density at radius 2 is 1.79 bits per heavy atom. The van der Waals surface area contributed by atoms with Crippen molar-refractivity contribution in [3.8, 4) is 0 Å². The van der Waals surface area contributed by atoms with Crippen LogP contribution in [0.4, 0.5) is 0 Å². The van der Waals surface area contributed by atoms with Crippen molar-refractivity contribution in [2.45, 2.75) is 63.6 Å². The van der Waals surface area contributed by atoms with Crippen LogP contribution in [0.25, 0.3) is 10.9 Å². The molecule has 2 atom stereocenters. The number of carbonyl (C=O) groups excluding carboxylic acids is 1. The van der Waals surface area contributed by atoms with Gasteiger partial charge in [0.05, 0.1) is 16.7 Å². The molecule has 1 aliphatic carbocycles. The van der Waals surface area contributed by atoms with E-state index in [9.17, 15) is 9.59 Å². The standard InChI is InChI=1S/C23H31N3O2S/c1-16-12-17(2)14-25(13-16)21(27)15-29-23-24-20-11-7-6-10-19(20)22(28)26(23)18-8-4-3-5-9-18/h6-7,10-11,16-18H,3-5,8-9,12-15H2,1-2H3/t16-,17-/m0/s1. The molecular formula is C23H31N3O2S. The topological polar surface area (TPSA) is 55.2 Å². The fourth-order valence-corrected chi connectivity index (χ4v) is 5.94. The predicted molar refractivity (Wildman–Crippen MR) is 118 cm³/mol. The second-order valence-electron chi connectivity index (χ2n) is 8.91. The highest BCUT2D eigenvalue weighted by Gasteiger charge is 2.27. The Bertz CT molecular complexity index is 925. The summed E-state index contributed by atoms with van der Waals surface area (Å²) in [6, 6.07) is 7.75. The van der Waals surface area contributed by atoms with Gasteiger partial charge in [-0.2, -0.15) is 0 Å². The third-order valence-corrected chi connectivity index (χ3v) is 7.20. The van der Waals surface area contributed by atoms with Crippen molar-refractivity contribution in [3.05, 3.63) is 34.6 Å². The number of thioether (sulfide) groups is 1. The van der Waals surface area contributed by atoms with Crippen molar-refractivity contribution in [3.63, 3.8) is 0 Å². The van der Waals surface area contributed by atoms with Crippen LogP contribution in [0.3, 0.4) is 0 Å². The molecule has 156 valence electrons. The number of nitrogens with zero attached hydrogens (tertiary/aromatic N) is 3. The fourth-order valence-electron chi connectivity index (χ4n) is 4.97. The Kier molecular flexibility index (Phi) is 6.28. The number of hydrogen-bond donors (Lipinski definition) is 0. The average Bonchev–Trinajstić information content (AvgIpc) is 2.72. The summed E-state index contributed by atoms with van der Waals surface area (Å²) in [5, 5.41) is 1.37. The molecule has 1 aromatic heterocycles. The fraction of sp³-hybridized carbons (Fsp3) is 0.609. The minimum Gasteiger partial charge on any atom is -0.341 e. The first-order valence-corrected chi connectivity index (χ1v) is 11.9. The second-order valence-corrected chi connectivity index (χ2v) is 9.85. The van der Waals surface area contributed by atoms with Gasteiger partial charge in [-0.3, -0.25) is 14.2 Å². The van der Waals surface area contributed by atoms with Gasteiger partial charge in [0, 0.05) is 19.1 Å². The van der Waals surface area contributed by atoms with E-state index < -0.39 is 0 Å². The Morgan fingerprint density at radius 1 is 1.10 bits per heavy atom. The number of carbonyl (C=O) groups is 1. The van der Waals surface area contributed by atoms with Crippen LogP contribution in [0.15, 0.2) is 34.2 Å². The molecule has 6 heteroatoms. The minimum absolute atomic E-state index is 0.0395. The Hall–Kier alpha value is -1.82. The maximum atomic E-state index is 13.3. The maximum absolute atomic E-state index is 13.3. The van der Waals surface area contributed by atoms with E-state index in [1.54, 1.807) is 0 Å². The van der Waals surface area contributed by atoms with Gasteiger partial charge >= 0.3 is 0 Å². The molecule has 5 nitrogen and oxygen atoms in total. The van der Waals surface area contributed by atoms with Crippen LogP contribution < -0.4 is 5.56 Å². The second kappa shape index (κ2) is 8.90. The van der Waals surface area contributed by atoms with Crippen molar-refractivity contribution in [2.24, 2.45) is 11.8 Å². The van der Waals surface area contributed by atoms with Gasteiger partial charge in [-0.25, -0.2) is 4.98 Å². The van der Waals surface area contributed by atoms with Crippen LogP contribution in [0.5, 0.6) is 0 Å². The summed E-state index contributed by atoms with van der Waals surface area (Å²) in [6.45, 7) is 6.11. The Balaban J connectivity index is 1.60. The predicted octanol–water partition coefficient (Wildman–Crippen LogP) is 4.50. The van der Waals surface area contributed by atoms with Crippen LogP contribution in [-0.4, -0.2) is 39.2 Å². The lowest BCUT2D eigenvalue weighted by Gasteiger charge is -2.35. The first kappa shape index (κ1) is 20.5. The molecule has 1 aliphatic heterocycles. The van der Waals surface area contributed by atoms with Gasteiger partial charge in [-0.05, 0) is 43.2 Å². The summed E-state index contributed by atoms with van der Waals surface area (Å²) in [4.78, 5) is 33.0. The average molecular weight is 414 g/mol. The van der Waals surface area contributed by atoms with Gasteiger partial charge in [0.1, 0.15) is 0 Å². The number of piperidine rings is 1. The number of fused-ring (bicyclic) bond motifs is 1. The summed E-state index contributed by atoms with van der Waals surface area (Å²) in [5.74, 6) is 1.60. The number of amides is 1. The van der Waals surface area contributed by atoms with Crippen LogP contribution in [-0.2, 0) is 4.79 Å². The smallest absolute Gasteiger partial charge is 0.262 e. The molecule has 4 rings (SSSR count). The Labute approximate surface area is 176 Å². The van der Waals surface area contributed by atoms with Crippen LogP contribution in [0.2, 0.25) is 0 Å². The van der Waals surface area contributed by atoms with Crippen LogP contribution in [0.1, 0.15) is 58.4 Å². The molecule has 1 saturated heterocycles. The number of rotatable bonds is 4. The van der Waals surface area contributed by atoms with Gasteiger partial charge < -0.3 is 4.90 Å². The molecule has 0 N–H and O–H groups in total. The van der Waals surface area contributed by atoms with Gasteiger partial charge in [-0.15, -0.1) is 0 Å². The highest BCUT2D eigenvalue weighted by atomic mass is 32.2. The van der Waals surface area contributed by atoms with Crippen molar-refractivity contribution in [1.82, 2.24) is 14.5 Å². The van der Waals surface area contributed by atoms with Crippen molar-refractivity contribution in [1.29, 1.82) is 0 Å². The van der Waals surface area contributed by atoms with Crippen LogP contribution in [0, 0.1) is 11.8 Å². The van der Waals surface area contributed by atoms with Gasteiger partial charge in [0.25, 0.3) is 5.56 Å². The van der Waals surface area contributed by atoms with E-state index in [2.05, 4.69) is 13.8 Å². The third kappa shape index (κ3) is 4.52. The lowest BCUT2D eigenvalue weighted by atomic mass is 9.92. The molecule has 2 aliphatic rings. The van der Waals surface area contributed by atoms with E-state index in [1.165, 1.54) is 24.6 Å². The monoisotopic (exact) mass is 413 g/mol. The molecule has 2 fully saturated rings. The summed E-state index contributed by atoms with van der Waals surface area (Å²) in [6.07, 6.45) is 6.75. The largest absolute Gasteiger partial charge is 0.341 e. The summed E-state index contributed by atoms with van der Waals surface area (Å²) in [7, 11) is 0. The number of likely N-dealkylation sites (tertiary alicyclic amines) is 1. The summed E-state index contributed by atoms with van der Waals surface area (Å²) >= 11 is 1.43. The third-order valence-electron chi connectivity index (χ3n) is 6.26. The van der Waals surface area contributed by atoms with Gasteiger partial charge in [0.15, 0.2) is 5.16 Å². The highest BCUT2D eigenvalue weighted by molar-refractivity contribution is 7.99. The number of para-hydroxylation sites is 1. The lowest BCUT2D eigenvalue weighted by Crippen LogP contribution is -2.43. The Morgan fingerprint density at radius 3 is 2.52 bits per heavy atom. The number of aromatic nitrogens is 2. The SMILES string of the molecule is C[C@H]1C[C@H](C)CN(C(=O)CSc2nc3ccccc3c(=O)n2C2CCCCC2)C1. The molecule has 1 saturated carbocycles. The van der Waals surface area contributed by atoms with E-state index in [1.807, 2.05) is 33.7 Å². The zero-order valence-electron chi connectivity index (χ0n) is 17.5. The normalized spacial score (nSPS) is 23.4. The van der Waals surface area contributed by atoms with Gasteiger partial charge in [0.2, 0.25) is 5.91 Å². The van der Waals surface area contributed by atoms with Gasteiger partial charge in [-0.1, -0.05) is 57.0 Å². The van der Waals surface area contributed by atoms with E-state index in [0.717, 1.165) is 44.3 Å². The molecule has 1 aromatic carbocycles. The molecule has 0 unspecified atom stereocenters. The first-order valence-electron chi connectivity index (χ1n) is 10.9. The van der Waals surface area contributed by atoms with E-state index >= 15 is 0 Å². The molecule has 0 spiro atoms. The molecule has 0 radical (unpaired) electrons. The van der Waals surface area contributed by atoms with Crippen LogP contribution >= 0.6 is 11.8 Å².